The molecule has 0 aliphatic heterocycles. The maximum atomic E-state index is 13.2. The Morgan fingerprint density at radius 2 is 1.82 bits per heavy atom. The fourth-order valence-electron chi connectivity index (χ4n) is 4.12. The molecule has 0 amide bonds. The van der Waals surface area contributed by atoms with Crippen LogP contribution in [0, 0.1) is 6.92 Å². The third-order valence-electron chi connectivity index (χ3n) is 6.03. The van der Waals surface area contributed by atoms with E-state index in [-0.39, 0.29) is 11.7 Å². The van der Waals surface area contributed by atoms with Crippen molar-refractivity contribution >= 4 is 11.3 Å². The van der Waals surface area contributed by atoms with E-state index in [2.05, 4.69) is 19.6 Å². The number of H-pyrrole nitrogens is 1. The molecule has 2 aromatic carbocycles. The summed E-state index contributed by atoms with van der Waals surface area (Å²) in [5.41, 5.74) is 1.81. The number of halogens is 6. The molecule has 1 fully saturated rings. The number of aryl methyl sites for hydroxylation is 1. The molecule has 1 saturated carbocycles. The number of hydrogen-bond donors (Lipinski definition) is 1. The van der Waals surface area contributed by atoms with Crippen LogP contribution >= 0.6 is 11.3 Å². The van der Waals surface area contributed by atoms with E-state index in [0.29, 0.717) is 32.3 Å². The van der Waals surface area contributed by atoms with Gasteiger partial charge in [-0.15, -0.1) is 11.3 Å². The second-order valence-corrected chi connectivity index (χ2v) is 9.95. The Bertz CT molecular complexity index is 1500. The minimum atomic E-state index is -4.59. The van der Waals surface area contributed by atoms with Crippen LogP contribution in [0.3, 0.4) is 0 Å². The number of rotatable bonds is 7. The lowest BCUT2D eigenvalue weighted by molar-refractivity contribution is -0.181. The SMILES string of the molecule is Cc1nc(-c2ccc(C(F)(F)F)cc2)sc1C(OCC(F)(F)F)c1ccc(-c2noc(=O)[nH]2)c(C2CC2)c1. The van der Waals surface area contributed by atoms with Crippen molar-refractivity contribution in [1.29, 1.82) is 0 Å². The first-order chi connectivity index (χ1) is 17.9. The predicted octanol–water partition coefficient (Wildman–Crippen LogP) is 7.03. The molecule has 1 aliphatic carbocycles. The van der Waals surface area contributed by atoms with Crippen molar-refractivity contribution in [2.45, 2.75) is 44.1 Å². The van der Waals surface area contributed by atoms with Crippen LogP contribution in [0.5, 0.6) is 0 Å². The molecular weight excluding hydrogens is 536 g/mol. The molecule has 2 heterocycles. The Kier molecular flexibility index (Phi) is 6.68. The Morgan fingerprint density at radius 3 is 2.39 bits per heavy atom. The highest BCUT2D eigenvalue weighted by Crippen LogP contribution is 2.46. The monoisotopic (exact) mass is 555 g/mol. The van der Waals surface area contributed by atoms with Gasteiger partial charge in [0.15, 0.2) is 5.82 Å². The van der Waals surface area contributed by atoms with E-state index in [1.54, 1.807) is 25.1 Å². The van der Waals surface area contributed by atoms with E-state index in [1.807, 2.05) is 0 Å². The van der Waals surface area contributed by atoms with Crippen LogP contribution in [0.2, 0.25) is 0 Å². The van der Waals surface area contributed by atoms with Crippen LogP contribution in [0.4, 0.5) is 26.3 Å². The highest BCUT2D eigenvalue weighted by molar-refractivity contribution is 7.15. The number of aromatic amines is 1. The zero-order chi connectivity index (χ0) is 27.2. The van der Waals surface area contributed by atoms with Gasteiger partial charge in [-0.05, 0) is 48.9 Å². The lowest BCUT2D eigenvalue weighted by atomic mass is 9.96. The van der Waals surface area contributed by atoms with Crippen molar-refractivity contribution in [3.8, 4) is 22.0 Å². The van der Waals surface area contributed by atoms with Gasteiger partial charge in [0.05, 0.1) is 16.1 Å². The van der Waals surface area contributed by atoms with Crippen LogP contribution in [-0.4, -0.2) is 27.9 Å². The maximum absolute atomic E-state index is 13.2. The molecular formula is C25H19F6N3O3S. The fourth-order valence-corrected chi connectivity index (χ4v) is 5.27. The molecule has 1 atom stereocenters. The molecule has 4 aromatic rings. The molecule has 5 rings (SSSR count). The van der Waals surface area contributed by atoms with Crippen LogP contribution in [0.15, 0.2) is 51.8 Å². The van der Waals surface area contributed by atoms with Gasteiger partial charge in [0.2, 0.25) is 0 Å². The Balaban J connectivity index is 1.54. The molecule has 1 aliphatic rings. The highest BCUT2D eigenvalue weighted by Gasteiger charge is 2.34. The summed E-state index contributed by atoms with van der Waals surface area (Å²) in [5, 5.41) is 4.08. The van der Waals surface area contributed by atoms with Gasteiger partial charge in [-0.2, -0.15) is 26.3 Å². The second kappa shape index (κ2) is 9.70. The third-order valence-corrected chi connectivity index (χ3v) is 7.28. The van der Waals surface area contributed by atoms with Crippen molar-refractivity contribution in [2.24, 2.45) is 0 Å². The molecule has 1 unspecified atom stereocenters. The minimum absolute atomic E-state index is 0.138. The predicted molar refractivity (Wildman–Crippen MR) is 126 cm³/mol. The smallest absolute Gasteiger partial charge is 0.358 e. The first-order valence-corrected chi connectivity index (χ1v) is 12.2. The first kappa shape index (κ1) is 26.2. The summed E-state index contributed by atoms with van der Waals surface area (Å²) in [4.78, 5) is 18.8. The Labute approximate surface area is 215 Å². The largest absolute Gasteiger partial charge is 0.439 e. The van der Waals surface area contributed by atoms with Gasteiger partial charge in [0.1, 0.15) is 17.7 Å². The number of aromatic nitrogens is 3. The van der Waals surface area contributed by atoms with E-state index in [1.165, 1.54) is 12.1 Å². The molecule has 38 heavy (non-hydrogen) atoms. The second-order valence-electron chi connectivity index (χ2n) is 8.91. The minimum Gasteiger partial charge on any atom is -0.358 e. The normalized spacial score (nSPS) is 15.1. The van der Waals surface area contributed by atoms with E-state index in [9.17, 15) is 31.1 Å². The number of nitrogens with one attached hydrogen (secondary N) is 1. The standard InChI is InChI=1S/C25H19F6N3O3S/c1-12-20(38-22(32-12)14-4-7-16(8-5-14)25(29,30)31)19(36-11-24(26,27)28)15-6-9-17(18(10-15)13-2-3-13)21-33-23(35)37-34-21/h4-10,13,19H,2-3,11H2,1H3,(H,33,34,35). The number of nitrogens with zero attached hydrogens (tertiary/aromatic N) is 2. The summed E-state index contributed by atoms with van der Waals surface area (Å²) in [6, 6.07) is 9.37. The number of alkyl halides is 6. The number of benzene rings is 2. The van der Waals surface area contributed by atoms with E-state index in [4.69, 9.17) is 4.74 Å². The van der Waals surface area contributed by atoms with Gasteiger partial charge in [0, 0.05) is 11.1 Å². The number of hydrogen-bond acceptors (Lipinski definition) is 6. The van der Waals surface area contributed by atoms with Crippen LogP contribution in [-0.2, 0) is 10.9 Å². The van der Waals surface area contributed by atoms with Crippen molar-refractivity contribution in [1.82, 2.24) is 15.1 Å². The topological polar surface area (TPSA) is 81.0 Å². The summed E-state index contributed by atoms with van der Waals surface area (Å²) in [7, 11) is 0. The van der Waals surface area contributed by atoms with Crippen LogP contribution in [0.25, 0.3) is 22.0 Å². The van der Waals surface area contributed by atoms with Crippen molar-refractivity contribution in [3.05, 3.63) is 80.3 Å². The highest BCUT2D eigenvalue weighted by atomic mass is 32.1. The fraction of sp³-hybridized carbons (Fsp3) is 0.320. The molecule has 1 N–H and O–H groups in total. The van der Waals surface area contributed by atoms with Crippen molar-refractivity contribution in [2.75, 3.05) is 6.61 Å². The Morgan fingerprint density at radius 1 is 1.11 bits per heavy atom. The molecule has 13 heteroatoms. The average molecular weight is 556 g/mol. The van der Waals surface area contributed by atoms with Gasteiger partial charge >= 0.3 is 18.1 Å². The number of ether oxygens (including phenoxy) is 1. The summed E-state index contributed by atoms with van der Waals surface area (Å²) < 4.78 is 88.4. The van der Waals surface area contributed by atoms with Crippen molar-refractivity contribution < 1.29 is 35.6 Å². The van der Waals surface area contributed by atoms with Gasteiger partial charge < -0.3 is 4.74 Å². The summed E-state index contributed by atoms with van der Waals surface area (Å²) in [6.45, 7) is 0.0986. The lowest BCUT2D eigenvalue weighted by Crippen LogP contribution is -2.20. The summed E-state index contributed by atoms with van der Waals surface area (Å²) in [5.74, 6) is -0.373. The van der Waals surface area contributed by atoms with Gasteiger partial charge in [-0.1, -0.05) is 35.5 Å². The molecule has 0 radical (unpaired) electrons. The molecule has 0 bridgehead atoms. The van der Waals surface area contributed by atoms with Gasteiger partial charge in [0.25, 0.3) is 0 Å². The molecule has 200 valence electrons. The third kappa shape index (κ3) is 5.68. The summed E-state index contributed by atoms with van der Waals surface area (Å²) in [6.07, 6.45) is -8.50. The molecule has 0 spiro atoms. The maximum Gasteiger partial charge on any atom is 0.439 e. The van der Waals surface area contributed by atoms with E-state index >= 15 is 0 Å². The Hall–Kier alpha value is -3.45. The quantitative estimate of drug-likeness (QED) is 0.248. The van der Waals surface area contributed by atoms with Gasteiger partial charge in [-0.3, -0.25) is 9.51 Å². The van der Waals surface area contributed by atoms with Crippen LogP contribution in [0.1, 0.15) is 52.1 Å². The van der Waals surface area contributed by atoms with Crippen molar-refractivity contribution in [3.63, 3.8) is 0 Å². The van der Waals surface area contributed by atoms with E-state index in [0.717, 1.165) is 41.9 Å². The van der Waals surface area contributed by atoms with E-state index < -0.39 is 36.4 Å². The first-order valence-electron chi connectivity index (χ1n) is 11.4. The van der Waals surface area contributed by atoms with Gasteiger partial charge in [-0.25, -0.2) is 9.78 Å². The van der Waals surface area contributed by atoms with Crippen LogP contribution < -0.4 is 5.76 Å². The number of thiazole rings is 1. The lowest BCUT2D eigenvalue weighted by Gasteiger charge is -2.20. The molecule has 6 nitrogen and oxygen atoms in total. The molecule has 2 aromatic heterocycles. The zero-order valence-electron chi connectivity index (χ0n) is 19.6. The molecule has 0 saturated heterocycles. The average Bonchev–Trinajstić information content (AvgIpc) is 3.50. The summed E-state index contributed by atoms with van der Waals surface area (Å²) >= 11 is 1.05. The zero-order valence-corrected chi connectivity index (χ0v) is 20.4.